The Morgan fingerprint density at radius 1 is 1.23 bits per heavy atom. The van der Waals surface area contributed by atoms with E-state index in [1.807, 2.05) is 31.2 Å². The van der Waals surface area contributed by atoms with Crippen molar-refractivity contribution in [2.75, 3.05) is 20.3 Å². The molecule has 3 rings (SSSR count). The second-order valence-corrected chi connectivity index (χ2v) is 5.35. The molecular weight excluding hydrogens is 280 g/mol. The molecule has 0 saturated heterocycles. The van der Waals surface area contributed by atoms with E-state index in [1.165, 1.54) is 5.56 Å². The van der Waals surface area contributed by atoms with Gasteiger partial charge in [0.2, 0.25) is 5.88 Å². The lowest BCUT2D eigenvalue weighted by Gasteiger charge is -2.25. The van der Waals surface area contributed by atoms with Crippen molar-refractivity contribution in [2.24, 2.45) is 5.92 Å². The summed E-state index contributed by atoms with van der Waals surface area (Å²) in [6.07, 6.45) is 1.83. The van der Waals surface area contributed by atoms with Gasteiger partial charge in [-0.25, -0.2) is 0 Å². The highest BCUT2D eigenvalue weighted by molar-refractivity contribution is 5.42. The van der Waals surface area contributed by atoms with Crippen LogP contribution < -0.4 is 14.2 Å². The number of hydrogen-bond acceptors (Lipinski definition) is 5. The molecule has 0 aliphatic carbocycles. The molecule has 1 aromatic carbocycles. The van der Waals surface area contributed by atoms with Crippen molar-refractivity contribution < 1.29 is 14.2 Å². The Morgan fingerprint density at radius 3 is 2.86 bits per heavy atom. The Morgan fingerprint density at radius 2 is 2.14 bits per heavy atom. The zero-order valence-electron chi connectivity index (χ0n) is 12.9. The highest BCUT2D eigenvalue weighted by atomic mass is 16.5. The number of rotatable bonds is 5. The number of hydrogen-bond donors (Lipinski definition) is 0. The van der Waals surface area contributed by atoms with Crippen LogP contribution in [0.15, 0.2) is 30.3 Å². The fourth-order valence-electron chi connectivity index (χ4n) is 2.65. The topological polar surface area (TPSA) is 53.5 Å². The Hall–Kier alpha value is -2.30. The predicted octanol–water partition coefficient (Wildman–Crippen LogP) is 2.68. The third-order valence-corrected chi connectivity index (χ3v) is 3.74. The number of ether oxygens (including phenoxy) is 3. The van der Waals surface area contributed by atoms with Gasteiger partial charge in [0.25, 0.3) is 0 Å². The summed E-state index contributed by atoms with van der Waals surface area (Å²) in [5.41, 5.74) is 2.19. The highest BCUT2D eigenvalue weighted by Gasteiger charge is 2.21. The summed E-state index contributed by atoms with van der Waals surface area (Å²) in [5, 5.41) is 8.30. The normalized spacial score (nSPS) is 16.5. The first-order valence-corrected chi connectivity index (χ1v) is 7.53. The molecule has 0 N–H and O–H groups in total. The smallest absolute Gasteiger partial charge is 0.233 e. The van der Waals surface area contributed by atoms with Crippen molar-refractivity contribution in [3.63, 3.8) is 0 Å². The Labute approximate surface area is 130 Å². The van der Waals surface area contributed by atoms with Crippen molar-refractivity contribution in [2.45, 2.75) is 19.8 Å². The molecule has 0 saturated carbocycles. The molecule has 5 nitrogen and oxygen atoms in total. The molecule has 1 aliphatic heterocycles. The first-order chi connectivity index (χ1) is 10.8. The van der Waals surface area contributed by atoms with Gasteiger partial charge in [-0.05, 0) is 37.5 Å². The monoisotopic (exact) mass is 300 g/mol. The van der Waals surface area contributed by atoms with Crippen LogP contribution in [0.25, 0.3) is 0 Å². The molecular formula is C17H20N2O3. The molecule has 0 spiro atoms. The van der Waals surface area contributed by atoms with Gasteiger partial charge in [-0.15, -0.1) is 5.10 Å². The number of fused-ring (bicyclic) bond motifs is 1. The van der Waals surface area contributed by atoms with Crippen molar-refractivity contribution in [1.82, 2.24) is 10.2 Å². The number of aromatic nitrogens is 2. The van der Waals surface area contributed by atoms with Gasteiger partial charge < -0.3 is 14.2 Å². The van der Waals surface area contributed by atoms with E-state index in [1.54, 1.807) is 7.11 Å². The second-order valence-electron chi connectivity index (χ2n) is 5.35. The Balaban J connectivity index is 1.64. The van der Waals surface area contributed by atoms with E-state index in [-0.39, 0.29) is 0 Å². The van der Waals surface area contributed by atoms with E-state index in [4.69, 9.17) is 14.2 Å². The van der Waals surface area contributed by atoms with Crippen LogP contribution in [0.1, 0.15) is 18.2 Å². The zero-order valence-corrected chi connectivity index (χ0v) is 12.9. The average molecular weight is 300 g/mol. The zero-order chi connectivity index (χ0) is 15.4. The minimum Gasteiger partial charge on any atom is -0.497 e. The SMILES string of the molecule is CCOc1ccc(C[C@H]2COc3cc(OC)ccc3C2)nn1. The van der Waals surface area contributed by atoms with Gasteiger partial charge in [0.1, 0.15) is 11.5 Å². The maximum absolute atomic E-state index is 5.86. The third kappa shape index (κ3) is 3.30. The number of methoxy groups -OCH3 is 1. The lowest BCUT2D eigenvalue weighted by Crippen LogP contribution is -2.23. The van der Waals surface area contributed by atoms with Gasteiger partial charge >= 0.3 is 0 Å². The maximum atomic E-state index is 5.86. The van der Waals surface area contributed by atoms with Gasteiger partial charge in [-0.1, -0.05) is 6.07 Å². The quantitative estimate of drug-likeness (QED) is 0.849. The fourth-order valence-corrected chi connectivity index (χ4v) is 2.65. The van der Waals surface area contributed by atoms with Crippen molar-refractivity contribution in [3.8, 4) is 17.4 Å². The lowest BCUT2D eigenvalue weighted by atomic mass is 9.92. The standard InChI is InChI=1S/C17H20N2O3/c1-3-21-17-7-5-14(18-19-17)9-12-8-13-4-6-15(20-2)10-16(13)22-11-12/h4-7,10,12H,3,8-9,11H2,1-2H3/t12-/m0/s1. The summed E-state index contributed by atoms with van der Waals surface area (Å²) in [6, 6.07) is 9.84. The molecule has 2 heterocycles. The van der Waals surface area contributed by atoms with Crippen LogP contribution in [0, 0.1) is 5.92 Å². The molecule has 5 heteroatoms. The molecule has 0 amide bonds. The molecule has 0 fully saturated rings. The fraction of sp³-hybridized carbons (Fsp3) is 0.412. The molecule has 2 aromatic rings. The van der Waals surface area contributed by atoms with Crippen molar-refractivity contribution >= 4 is 0 Å². The number of benzene rings is 1. The molecule has 0 radical (unpaired) electrons. The summed E-state index contributed by atoms with van der Waals surface area (Å²) in [6.45, 7) is 3.22. The molecule has 22 heavy (non-hydrogen) atoms. The summed E-state index contributed by atoms with van der Waals surface area (Å²) in [4.78, 5) is 0. The van der Waals surface area contributed by atoms with Crippen molar-refractivity contribution in [3.05, 3.63) is 41.6 Å². The summed E-state index contributed by atoms with van der Waals surface area (Å²) < 4.78 is 16.4. The minimum atomic E-state index is 0.410. The predicted molar refractivity (Wildman–Crippen MR) is 82.6 cm³/mol. The van der Waals surface area contributed by atoms with Gasteiger partial charge in [0.05, 0.1) is 26.0 Å². The highest BCUT2D eigenvalue weighted by Crippen LogP contribution is 2.31. The van der Waals surface area contributed by atoms with Crippen LogP contribution in [0.4, 0.5) is 0 Å². The molecule has 0 unspecified atom stereocenters. The van der Waals surface area contributed by atoms with Crippen molar-refractivity contribution in [1.29, 1.82) is 0 Å². The lowest BCUT2D eigenvalue weighted by molar-refractivity contribution is 0.219. The first kappa shape index (κ1) is 14.6. The average Bonchev–Trinajstić information content (AvgIpc) is 2.56. The second kappa shape index (κ2) is 6.64. The molecule has 1 aromatic heterocycles. The van der Waals surface area contributed by atoms with Crippen LogP contribution in [0.5, 0.6) is 17.4 Å². The van der Waals surface area contributed by atoms with Gasteiger partial charge in [-0.3, -0.25) is 0 Å². The molecule has 116 valence electrons. The van der Waals surface area contributed by atoms with Crippen LogP contribution >= 0.6 is 0 Å². The largest absolute Gasteiger partial charge is 0.497 e. The first-order valence-electron chi connectivity index (χ1n) is 7.53. The van der Waals surface area contributed by atoms with Crippen LogP contribution in [-0.2, 0) is 12.8 Å². The minimum absolute atomic E-state index is 0.410. The van der Waals surface area contributed by atoms with E-state index in [9.17, 15) is 0 Å². The van der Waals surface area contributed by atoms with E-state index in [2.05, 4.69) is 16.3 Å². The molecule has 0 bridgehead atoms. The van der Waals surface area contributed by atoms with Crippen LogP contribution in [0.2, 0.25) is 0 Å². The Kier molecular flexibility index (Phi) is 4.42. The van der Waals surface area contributed by atoms with E-state index < -0.39 is 0 Å². The summed E-state index contributed by atoms with van der Waals surface area (Å²) in [5.74, 6) is 2.74. The van der Waals surface area contributed by atoms with Crippen LogP contribution in [-0.4, -0.2) is 30.5 Å². The van der Waals surface area contributed by atoms with Crippen LogP contribution in [0.3, 0.4) is 0 Å². The van der Waals surface area contributed by atoms with Gasteiger partial charge in [0, 0.05) is 18.1 Å². The van der Waals surface area contributed by atoms with E-state index in [0.717, 1.165) is 30.0 Å². The number of nitrogens with zero attached hydrogens (tertiary/aromatic N) is 2. The summed E-state index contributed by atoms with van der Waals surface area (Å²) in [7, 11) is 1.66. The van der Waals surface area contributed by atoms with E-state index >= 15 is 0 Å². The van der Waals surface area contributed by atoms with E-state index in [0.29, 0.717) is 25.0 Å². The maximum Gasteiger partial charge on any atom is 0.233 e. The van der Waals surface area contributed by atoms with Gasteiger partial charge in [0.15, 0.2) is 0 Å². The summed E-state index contributed by atoms with van der Waals surface area (Å²) >= 11 is 0. The Bertz CT molecular complexity index is 628. The molecule has 1 aliphatic rings. The van der Waals surface area contributed by atoms with Gasteiger partial charge in [-0.2, -0.15) is 5.10 Å². The third-order valence-electron chi connectivity index (χ3n) is 3.74. The molecule has 1 atom stereocenters.